The molecular weight excluding hydrogens is 361 g/mol. The van der Waals surface area contributed by atoms with E-state index in [2.05, 4.69) is 15.3 Å². The van der Waals surface area contributed by atoms with E-state index in [4.69, 9.17) is 10.5 Å². The van der Waals surface area contributed by atoms with Crippen LogP contribution in [-0.4, -0.2) is 32.0 Å². The van der Waals surface area contributed by atoms with E-state index in [1.54, 1.807) is 18.3 Å². The fourth-order valence-electron chi connectivity index (χ4n) is 2.90. The van der Waals surface area contributed by atoms with Crippen molar-refractivity contribution in [1.29, 1.82) is 0 Å². The second-order valence-electron chi connectivity index (χ2n) is 6.43. The molecule has 142 valence electrons. The molecule has 0 radical (unpaired) electrons. The van der Waals surface area contributed by atoms with Gasteiger partial charge in [-0.05, 0) is 41.8 Å². The Morgan fingerprint density at radius 2 is 2.00 bits per heavy atom. The molecule has 0 aliphatic heterocycles. The van der Waals surface area contributed by atoms with Gasteiger partial charge < -0.3 is 15.5 Å². The summed E-state index contributed by atoms with van der Waals surface area (Å²) in [5.41, 5.74) is 8.96. The smallest absolute Gasteiger partial charge is 0.323 e. The fourth-order valence-corrected chi connectivity index (χ4v) is 2.90. The molecule has 0 bridgehead atoms. The zero-order valence-corrected chi connectivity index (χ0v) is 14.9. The van der Waals surface area contributed by atoms with E-state index in [9.17, 15) is 9.18 Å². The Kier molecular flexibility index (Phi) is 4.86. The summed E-state index contributed by atoms with van der Waals surface area (Å²) in [5.74, 6) is -0.850. The summed E-state index contributed by atoms with van der Waals surface area (Å²) in [7, 11) is 0. The molecule has 4 rings (SSSR count). The number of hydrogen-bond acceptors (Lipinski definition) is 5. The van der Waals surface area contributed by atoms with Crippen molar-refractivity contribution in [2.75, 3.05) is 0 Å². The first-order chi connectivity index (χ1) is 13.6. The molecule has 0 unspecified atom stereocenters. The van der Waals surface area contributed by atoms with Crippen LogP contribution in [0.1, 0.15) is 11.4 Å². The van der Waals surface area contributed by atoms with Crippen molar-refractivity contribution >= 4 is 16.9 Å². The highest BCUT2D eigenvalue weighted by atomic mass is 19.1. The van der Waals surface area contributed by atoms with Crippen LogP contribution in [0.4, 0.5) is 4.39 Å². The molecule has 3 N–H and O–H groups in total. The zero-order valence-electron chi connectivity index (χ0n) is 14.9. The van der Waals surface area contributed by atoms with Crippen molar-refractivity contribution in [2.24, 2.45) is 5.73 Å². The summed E-state index contributed by atoms with van der Waals surface area (Å²) in [5, 5.41) is 8.97. The molecule has 2 heterocycles. The predicted molar refractivity (Wildman–Crippen MR) is 101 cm³/mol. The number of ether oxygens (including phenoxy) is 1. The Morgan fingerprint density at radius 1 is 1.21 bits per heavy atom. The Balaban J connectivity index is 1.34. The molecule has 0 fully saturated rings. The minimum absolute atomic E-state index is 0.0412. The van der Waals surface area contributed by atoms with E-state index in [-0.39, 0.29) is 12.4 Å². The van der Waals surface area contributed by atoms with Crippen molar-refractivity contribution in [3.8, 4) is 5.69 Å². The first-order valence-corrected chi connectivity index (χ1v) is 8.74. The average Bonchev–Trinajstić information content (AvgIpc) is 3.33. The van der Waals surface area contributed by atoms with Crippen molar-refractivity contribution in [3.05, 3.63) is 78.0 Å². The minimum Gasteiger partial charge on any atom is -0.458 e. The van der Waals surface area contributed by atoms with Crippen LogP contribution in [0.25, 0.3) is 16.6 Å². The zero-order chi connectivity index (χ0) is 19.5. The highest BCUT2D eigenvalue weighted by molar-refractivity contribution is 5.81. The maximum absolute atomic E-state index is 13.0. The van der Waals surface area contributed by atoms with Gasteiger partial charge >= 0.3 is 5.97 Å². The highest BCUT2D eigenvalue weighted by Gasteiger charge is 2.17. The summed E-state index contributed by atoms with van der Waals surface area (Å²) in [6, 6.07) is 14.8. The van der Waals surface area contributed by atoms with Gasteiger partial charge in [-0.2, -0.15) is 0 Å². The van der Waals surface area contributed by atoms with Crippen LogP contribution in [0.2, 0.25) is 0 Å². The standard InChI is InChI=1S/C20H18FN5O2/c21-14-5-7-17(8-6-14)26-11-16(24-25-26)12-28-20(27)18(22)10-15-9-13-3-1-2-4-19(13)23-15/h1-9,11,18,23H,10,12,22H2/t18-/m0/s1. The topological polar surface area (TPSA) is 98.8 Å². The number of aromatic nitrogens is 4. The van der Waals surface area contributed by atoms with E-state index in [1.165, 1.54) is 16.8 Å². The van der Waals surface area contributed by atoms with E-state index >= 15 is 0 Å². The highest BCUT2D eigenvalue weighted by Crippen LogP contribution is 2.16. The third-order valence-corrected chi connectivity index (χ3v) is 4.32. The van der Waals surface area contributed by atoms with Crippen LogP contribution in [-0.2, 0) is 22.6 Å². The molecule has 0 aliphatic carbocycles. The molecule has 8 heteroatoms. The van der Waals surface area contributed by atoms with Gasteiger partial charge in [-0.25, -0.2) is 9.07 Å². The predicted octanol–water partition coefficient (Wildman–Crippen LogP) is 2.50. The van der Waals surface area contributed by atoms with E-state index < -0.39 is 12.0 Å². The van der Waals surface area contributed by atoms with Gasteiger partial charge in [0.25, 0.3) is 0 Å². The molecule has 0 saturated heterocycles. The summed E-state index contributed by atoms with van der Waals surface area (Å²) in [6.07, 6.45) is 1.96. The number of hydrogen-bond donors (Lipinski definition) is 2. The summed E-state index contributed by atoms with van der Waals surface area (Å²) in [6.45, 7) is -0.0412. The maximum Gasteiger partial charge on any atom is 0.323 e. The number of esters is 1. The maximum atomic E-state index is 13.0. The van der Waals surface area contributed by atoms with Crippen LogP contribution in [0.3, 0.4) is 0 Å². The largest absolute Gasteiger partial charge is 0.458 e. The molecular formula is C20H18FN5O2. The van der Waals surface area contributed by atoms with Gasteiger partial charge in [-0.15, -0.1) is 5.10 Å². The second kappa shape index (κ2) is 7.61. The third kappa shape index (κ3) is 3.91. The third-order valence-electron chi connectivity index (χ3n) is 4.32. The lowest BCUT2D eigenvalue weighted by Crippen LogP contribution is -2.34. The lowest BCUT2D eigenvalue weighted by atomic mass is 10.1. The molecule has 0 aliphatic rings. The van der Waals surface area contributed by atoms with Crippen LogP contribution >= 0.6 is 0 Å². The van der Waals surface area contributed by atoms with E-state index in [0.717, 1.165) is 16.6 Å². The van der Waals surface area contributed by atoms with Crippen molar-refractivity contribution < 1.29 is 13.9 Å². The normalized spacial score (nSPS) is 12.2. The monoisotopic (exact) mass is 379 g/mol. The Labute approximate surface area is 159 Å². The summed E-state index contributed by atoms with van der Waals surface area (Å²) < 4.78 is 19.7. The molecule has 4 aromatic rings. The van der Waals surface area contributed by atoms with Gasteiger partial charge in [0.05, 0.1) is 11.9 Å². The Morgan fingerprint density at radius 3 is 2.79 bits per heavy atom. The molecule has 2 aromatic heterocycles. The molecule has 0 amide bonds. The first-order valence-electron chi connectivity index (χ1n) is 8.74. The van der Waals surface area contributed by atoms with E-state index in [0.29, 0.717) is 17.8 Å². The number of para-hydroxylation sites is 1. The van der Waals surface area contributed by atoms with Crippen LogP contribution < -0.4 is 5.73 Å². The number of halogens is 1. The SMILES string of the molecule is N[C@@H](Cc1cc2ccccc2[nH]1)C(=O)OCc1cn(-c2ccc(F)cc2)nn1. The summed E-state index contributed by atoms with van der Waals surface area (Å²) in [4.78, 5) is 15.4. The van der Waals surface area contributed by atoms with Crippen LogP contribution in [0.15, 0.2) is 60.8 Å². The van der Waals surface area contributed by atoms with Gasteiger partial charge in [0.2, 0.25) is 0 Å². The van der Waals surface area contributed by atoms with Crippen LogP contribution in [0, 0.1) is 5.82 Å². The molecule has 7 nitrogen and oxygen atoms in total. The van der Waals surface area contributed by atoms with Gasteiger partial charge in [-0.3, -0.25) is 4.79 Å². The molecule has 0 saturated carbocycles. The quantitative estimate of drug-likeness (QED) is 0.502. The number of carbonyl (C=O) groups is 1. The Hall–Kier alpha value is -3.52. The first kappa shape index (κ1) is 17.9. The Bertz CT molecular complexity index is 1070. The number of nitrogens with two attached hydrogens (primary N) is 1. The minimum atomic E-state index is -0.791. The molecule has 28 heavy (non-hydrogen) atoms. The number of H-pyrrole nitrogens is 1. The molecule has 0 spiro atoms. The van der Waals surface area contributed by atoms with Crippen molar-refractivity contribution in [3.63, 3.8) is 0 Å². The lowest BCUT2D eigenvalue weighted by molar-refractivity contribution is -0.146. The second-order valence-corrected chi connectivity index (χ2v) is 6.43. The van der Waals surface area contributed by atoms with E-state index in [1.807, 2.05) is 30.3 Å². The molecule has 2 aromatic carbocycles. The van der Waals surface area contributed by atoms with Gasteiger partial charge in [-0.1, -0.05) is 23.4 Å². The number of rotatable bonds is 6. The van der Waals surface area contributed by atoms with Gasteiger partial charge in [0, 0.05) is 17.6 Å². The number of fused-ring (bicyclic) bond motifs is 1. The summed E-state index contributed by atoms with van der Waals surface area (Å²) >= 11 is 0. The number of aromatic amines is 1. The number of nitrogens with zero attached hydrogens (tertiary/aromatic N) is 3. The van der Waals surface area contributed by atoms with Gasteiger partial charge in [0.1, 0.15) is 24.2 Å². The number of carbonyl (C=O) groups excluding carboxylic acids is 1. The fraction of sp³-hybridized carbons (Fsp3) is 0.150. The van der Waals surface area contributed by atoms with Gasteiger partial charge in [0.15, 0.2) is 0 Å². The van der Waals surface area contributed by atoms with Crippen molar-refractivity contribution in [2.45, 2.75) is 19.1 Å². The number of nitrogens with one attached hydrogen (secondary N) is 1. The average molecular weight is 379 g/mol. The number of benzene rings is 2. The van der Waals surface area contributed by atoms with Crippen LogP contribution in [0.5, 0.6) is 0 Å². The van der Waals surface area contributed by atoms with Crippen molar-refractivity contribution in [1.82, 2.24) is 20.0 Å². The molecule has 1 atom stereocenters. The lowest BCUT2D eigenvalue weighted by Gasteiger charge is -2.09.